The Morgan fingerprint density at radius 2 is 2.04 bits per heavy atom. The van der Waals surface area contributed by atoms with Gasteiger partial charge in [-0.15, -0.1) is 0 Å². The summed E-state index contributed by atoms with van der Waals surface area (Å²) in [5.41, 5.74) is 3.91. The fourth-order valence-corrected chi connectivity index (χ4v) is 3.34. The van der Waals surface area contributed by atoms with Crippen molar-refractivity contribution < 1.29 is 0 Å². The predicted octanol–water partition coefficient (Wildman–Crippen LogP) is 4.57. The molecule has 1 N–H and O–H groups in total. The van der Waals surface area contributed by atoms with Crippen LogP contribution in [0.4, 0.5) is 11.8 Å². The van der Waals surface area contributed by atoms with E-state index in [9.17, 15) is 0 Å². The summed E-state index contributed by atoms with van der Waals surface area (Å²) in [5.74, 6) is 1.78. The molecule has 0 saturated heterocycles. The van der Waals surface area contributed by atoms with E-state index >= 15 is 0 Å². The first-order valence-corrected chi connectivity index (χ1v) is 9.55. The van der Waals surface area contributed by atoms with E-state index in [1.807, 2.05) is 0 Å². The fraction of sp³-hybridized carbons (Fsp3) is 0.474. The number of hydrogen-bond donors (Lipinski definition) is 1. The summed E-state index contributed by atoms with van der Waals surface area (Å²) >= 11 is 3.58. The van der Waals surface area contributed by atoms with Crippen molar-refractivity contribution >= 4 is 27.7 Å². The Morgan fingerprint density at radius 3 is 2.79 bits per heavy atom. The van der Waals surface area contributed by atoms with Gasteiger partial charge >= 0.3 is 0 Å². The monoisotopic (exact) mass is 388 g/mol. The van der Waals surface area contributed by atoms with Gasteiger partial charge < -0.3 is 10.2 Å². The lowest BCUT2D eigenvalue weighted by Gasteiger charge is -2.30. The molecule has 2 heterocycles. The lowest BCUT2D eigenvalue weighted by molar-refractivity contribution is 0.712. The third kappa shape index (κ3) is 3.89. The molecule has 0 saturated carbocycles. The SMILES string of the molecule is CCc1cc(N2CCc3ccc(Br)cc3C2)nc(N[C@@H](C)CC)n1. The van der Waals surface area contributed by atoms with E-state index in [1.165, 1.54) is 11.1 Å². The Bertz CT molecular complexity index is 717. The van der Waals surface area contributed by atoms with Gasteiger partial charge in [0.15, 0.2) is 0 Å². The molecule has 1 atom stereocenters. The quantitative estimate of drug-likeness (QED) is 0.813. The molecule has 2 aromatic rings. The number of rotatable bonds is 5. The number of fused-ring (bicyclic) bond motifs is 1. The largest absolute Gasteiger partial charge is 0.352 e. The Kier molecular flexibility index (Phi) is 5.39. The molecule has 3 rings (SSSR count). The maximum Gasteiger partial charge on any atom is 0.225 e. The molecule has 1 aliphatic heterocycles. The first-order valence-electron chi connectivity index (χ1n) is 8.75. The van der Waals surface area contributed by atoms with Crippen molar-refractivity contribution in [1.82, 2.24) is 9.97 Å². The number of aryl methyl sites for hydroxylation is 1. The minimum atomic E-state index is 0.378. The topological polar surface area (TPSA) is 41.1 Å². The Labute approximate surface area is 152 Å². The molecule has 4 nitrogen and oxygen atoms in total. The van der Waals surface area contributed by atoms with Crippen LogP contribution in [0.2, 0.25) is 0 Å². The lowest BCUT2D eigenvalue weighted by Crippen LogP contribution is -2.31. The minimum absolute atomic E-state index is 0.378. The van der Waals surface area contributed by atoms with E-state index in [0.717, 1.165) is 54.3 Å². The maximum absolute atomic E-state index is 4.78. The summed E-state index contributed by atoms with van der Waals surface area (Å²) in [4.78, 5) is 11.8. The van der Waals surface area contributed by atoms with Gasteiger partial charge in [0.25, 0.3) is 0 Å². The number of anilines is 2. The van der Waals surface area contributed by atoms with Crippen LogP contribution in [-0.4, -0.2) is 22.6 Å². The highest BCUT2D eigenvalue weighted by Gasteiger charge is 2.19. The molecule has 1 aromatic carbocycles. The lowest BCUT2D eigenvalue weighted by atomic mass is 10.00. The molecule has 128 valence electrons. The number of aromatic nitrogens is 2. The summed E-state index contributed by atoms with van der Waals surface area (Å²) in [6, 6.07) is 9.09. The molecule has 0 amide bonds. The van der Waals surface area contributed by atoms with Crippen LogP contribution in [0.15, 0.2) is 28.7 Å². The van der Waals surface area contributed by atoms with Crippen molar-refractivity contribution in [3.05, 3.63) is 45.6 Å². The average molecular weight is 389 g/mol. The van der Waals surface area contributed by atoms with Crippen LogP contribution in [0.5, 0.6) is 0 Å². The van der Waals surface area contributed by atoms with E-state index in [0.29, 0.717) is 6.04 Å². The number of halogens is 1. The average Bonchev–Trinajstić information content (AvgIpc) is 2.60. The Balaban J connectivity index is 1.87. The highest BCUT2D eigenvalue weighted by molar-refractivity contribution is 9.10. The van der Waals surface area contributed by atoms with Gasteiger partial charge in [0, 0.05) is 35.4 Å². The van der Waals surface area contributed by atoms with Crippen LogP contribution in [0.25, 0.3) is 0 Å². The molecule has 0 aliphatic carbocycles. The molecule has 0 unspecified atom stereocenters. The third-order valence-electron chi connectivity index (χ3n) is 4.62. The van der Waals surface area contributed by atoms with Crippen molar-refractivity contribution in [2.24, 2.45) is 0 Å². The normalized spacial score (nSPS) is 15.1. The maximum atomic E-state index is 4.78. The second kappa shape index (κ2) is 7.51. The van der Waals surface area contributed by atoms with E-state index in [2.05, 4.69) is 76.2 Å². The summed E-state index contributed by atoms with van der Waals surface area (Å²) in [6.07, 6.45) is 3.03. The highest BCUT2D eigenvalue weighted by Crippen LogP contribution is 2.27. The standard InChI is InChI=1S/C19H25BrN4/c1-4-13(3)21-19-22-17(5-2)11-18(23-19)24-9-8-14-6-7-16(20)10-15(14)12-24/h6-7,10-11,13H,4-5,8-9,12H2,1-3H3,(H,21,22,23)/t13-/m0/s1. The molecular weight excluding hydrogens is 364 g/mol. The van der Waals surface area contributed by atoms with Crippen molar-refractivity contribution in [2.45, 2.75) is 52.6 Å². The summed E-state index contributed by atoms with van der Waals surface area (Å²) in [7, 11) is 0. The highest BCUT2D eigenvalue weighted by atomic mass is 79.9. The van der Waals surface area contributed by atoms with Gasteiger partial charge in [-0.2, -0.15) is 4.98 Å². The second-order valence-corrected chi connectivity index (χ2v) is 7.35. The van der Waals surface area contributed by atoms with Crippen molar-refractivity contribution in [1.29, 1.82) is 0 Å². The fourth-order valence-electron chi connectivity index (χ4n) is 2.93. The molecule has 0 fully saturated rings. The number of nitrogens with one attached hydrogen (secondary N) is 1. The summed E-state index contributed by atoms with van der Waals surface area (Å²) in [6.45, 7) is 8.37. The Hall–Kier alpha value is -1.62. The molecule has 5 heteroatoms. The van der Waals surface area contributed by atoms with Crippen LogP contribution in [0, 0.1) is 0 Å². The molecule has 24 heavy (non-hydrogen) atoms. The smallest absolute Gasteiger partial charge is 0.225 e. The molecule has 1 aliphatic rings. The van der Waals surface area contributed by atoms with E-state index < -0.39 is 0 Å². The molecule has 0 radical (unpaired) electrons. The first kappa shape index (κ1) is 17.2. The van der Waals surface area contributed by atoms with Gasteiger partial charge in [-0.05, 0) is 49.4 Å². The number of benzene rings is 1. The second-order valence-electron chi connectivity index (χ2n) is 6.43. The summed E-state index contributed by atoms with van der Waals surface area (Å²) < 4.78 is 1.14. The molecule has 0 bridgehead atoms. The zero-order valence-corrected chi connectivity index (χ0v) is 16.2. The number of nitrogens with zero attached hydrogens (tertiary/aromatic N) is 3. The van der Waals surface area contributed by atoms with Crippen molar-refractivity contribution in [3.63, 3.8) is 0 Å². The molecular formula is C19H25BrN4. The minimum Gasteiger partial charge on any atom is -0.352 e. The summed E-state index contributed by atoms with van der Waals surface area (Å²) in [5, 5.41) is 3.42. The van der Waals surface area contributed by atoms with Crippen molar-refractivity contribution in [2.75, 3.05) is 16.8 Å². The van der Waals surface area contributed by atoms with Crippen LogP contribution >= 0.6 is 15.9 Å². The van der Waals surface area contributed by atoms with Crippen LogP contribution < -0.4 is 10.2 Å². The zero-order chi connectivity index (χ0) is 17.1. The van der Waals surface area contributed by atoms with Gasteiger partial charge in [-0.25, -0.2) is 4.98 Å². The van der Waals surface area contributed by atoms with E-state index in [4.69, 9.17) is 4.98 Å². The van der Waals surface area contributed by atoms with E-state index in [1.54, 1.807) is 0 Å². The zero-order valence-electron chi connectivity index (χ0n) is 14.6. The number of hydrogen-bond acceptors (Lipinski definition) is 4. The van der Waals surface area contributed by atoms with Crippen LogP contribution in [0.1, 0.15) is 44.0 Å². The van der Waals surface area contributed by atoms with Gasteiger partial charge in [0.05, 0.1) is 0 Å². The van der Waals surface area contributed by atoms with Gasteiger partial charge in [-0.3, -0.25) is 0 Å². The predicted molar refractivity (Wildman–Crippen MR) is 104 cm³/mol. The molecule has 0 spiro atoms. The van der Waals surface area contributed by atoms with Crippen LogP contribution in [0.3, 0.4) is 0 Å². The first-order chi connectivity index (χ1) is 11.6. The van der Waals surface area contributed by atoms with Crippen LogP contribution in [-0.2, 0) is 19.4 Å². The Morgan fingerprint density at radius 1 is 1.21 bits per heavy atom. The van der Waals surface area contributed by atoms with Gasteiger partial charge in [0.1, 0.15) is 5.82 Å². The van der Waals surface area contributed by atoms with Gasteiger partial charge in [-0.1, -0.05) is 35.8 Å². The van der Waals surface area contributed by atoms with E-state index in [-0.39, 0.29) is 0 Å². The van der Waals surface area contributed by atoms with Crippen molar-refractivity contribution in [3.8, 4) is 0 Å². The molecule has 1 aromatic heterocycles. The third-order valence-corrected chi connectivity index (χ3v) is 5.11. The van der Waals surface area contributed by atoms with Gasteiger partial charge in [0.2, 0.25) is 5.95 Å².